The van der Waals surface area contributed by atoms with E-state index in [1.165, 1.54) is 32.4 Å². The first kappa shape index (κ1) is 20.7. The predicted molar refractivity (Wildman–Crippen MR) is 111 cm³/mol. The number of epoxide rings is 4. The Morgan fingerprint density at radius 1 is 0.586 bits per heavy atom. The molecule has 6 heteroatoms. The Morgan fingerprint density at radius 2 is 0.931 bits per heavy atom. The fourth-order valence-corrected chi connectivity index (χ4v) is 5.48. The van der Waals surface area contributed by atoms with Crippen LogP contribution in [0.4, 0.5) is 0 Å². The van der Waals surface area contributed by atoms with Crippen LogP contribution in [0.15, 0.2) is 0 Å². The molecule has 6 unspecified atom stereocenters. The Hall–Kier alpha value is -0.240. The zero-order valence-electron chi connectivity index (χ0n) is 18.3. The van der Waals surface area contributed by atoms with E-state index in [1.54, 1.807) is 0 Å². The van der Waals surface area contributed by atoms with Gasteiger partial charge in [-0.05, 0) is 42.9 Å². The van der Waals surface area contributed by atoms with Gasteiger partial charge in [0.1, 0.15) is 0 Å². The van der Waals surface area contributed by atoms with E-state index in [4.69, 9.17) is 18.9 Å². The van der Waals surface area contributed by atoms with Gasteiger partial charge >= 0.3 is 0 Å². The molecule has 0 radical (unpaired) electrons. The minimum atomic E-state index is 0.474. The summed E-state index contributed by atoms with van der Waals surface area (Å²) in [4.78, 5) is 5.29. The van der Waals surface area contributed by atoms with Crippen LogP contribution in [0.5, 0.6) is 0 Å². The fourth-order valence-electron chi connectivity index (χ4n) is 5.48. The number of rotatable bonds is 13. The van der Waals surface area contributed by atoms with E-state index < -0.39 is 0 Å². The molecule has 0 aromatic carbocycles. The predicted octanol–water partition coefficient (Wildman–Crippen LogP) is 1.87. The van der Waals surface area contributed by atoms with Crippen molar-refractivity contribution >= 4 is 0 Å². The van der Waals surface area contributed by atoms with Crippen molar-refractivity contribution in [2.45, 2.75) is 57.5 Å². The van der Waals surface area contributed by atoms with Crippen molar-refractivity contribution in [2.75, 3.05) is 65.7 Å². The van der Waals surface area contributed by atoms with Gasteiger partial charge in [0.05, 0.1) is 50.8 Å². The summed E-state index contributed by atoms with van der Waals surface area (Å²) in [6.45, 7) is 15.5. The molecule has 0 amide bonds. The van der Waals surface area contributed by atoms with Crippen LogP contribution in [-0.4, -0.2) is 99.9 Å². The third kappa shape index (κ3) is 6.88. The summed E-state index contributed by atoms with van der Waals surface area (Å²) in [5.74, 6) is 3.23. The summed E-state index contributed by atoms with van der Waals surface area (Å²) >= 11 is 0. The van der Waals surface area contributed by atoms with E-state index >= 15 is 0 Å². The number of ether oxygens (including phenoxy) is 4. The molecule has 4 heterocycles. The highest BCUT2D eigenvalue weighted by Crippen LogP contribution is 2.38. The number of hydrogen-bond donors (Lipinski definition) is 0. The van der Waals surface area contributed by atoms with Gasteiger partial charge in [0.25, 0.3) is 0 Å². The SMILES string of the molecule is CC(C)C1CC(CN(CC2CO2)CC2CO2)CC(CN(CC2CO2)CC2CO2)C1. The Morgan fingerprint density at radius 3 is 1.21 bits per heavy atom. The van der Waals surface area contributed by atoms with E-state index in [-0.39, 0.29) is 0 Å². The maximum absolute atomic E-state index is 5.54. The molecule has 5 aliphatic rings. The lowest BCUT2D eigenvalue weighted by molar-refractivity contribution is 0.0848. The minimum Gasteiger partial charge on any atom is -0.372 e. The summed E-state index contributed by atoms with van der Waals surface area (Å²) in [7, 11) is 0. The van der Waals surface area contributed by atoms with Crippen molar-refractivity contribution < 1.29 is 18.9 Å². The molecule has 29 heavy (non-hydrogen) atoms. The molecule has 5 rings (SSSR count). The maximum atomic E-state index is 5.54. The second-order valence-corrected chi connectivity index (χ2v) is 10.7. The van der Waals surface area contributed by atoms with E-state index in [0.29, 0.717) is 24.4 Å². The highest BCUT2D eigenvalue weighted by molar-refractivity contribution is 4.88. The largest absolute Gasteiger partial charge is 0.372 e. The zero-order valence-corrected chi connectivity index (χ0v) is 18.3. The standard InChI is InChI=1S/C23H40N2O4/c1-16(2)19-4-17(6-24(8-20-12-26-20)9-21-13-27-21)3-18(5-19)7-25(10-22-14-28-22)11-23-15-29-23/h16-23H,3-15H2,1-2H3. The Bertz CT molecular complexity index is 461. The number of hydrogen-bond acceptors (Lipinski definition) is 6. The molecule has 1 aliphatic carbocycles. The topological polar surface area (TPSA) is 56.6 Å². The van der Waals surface area contributed by atoms with Crippen molar-refractivity contribution in [1.82, 2.24) is 9.80 Å². The Kier molecular flexibility index (Phi) is 6.47. The average Bonchev–Trinajstić information content (AvgIpc) is 3.51. The van der Waals surface area contributed by atoms with Crippen LogP contribution in [0, 0.1) is 23.7 Å². The van der Waals surface area contributed by atoms with Crippen molar-refractivity contribution in [3.05, 3.63) is 0 Å². The van der Waals surface area contributed by atoms with Crippen molar-refractivity contribution in [3.8, 4) is 0 Å². The second kappa shape index (κ2) is 9.09. The van der Waals surface area contributed by atoms with Crippen LogP contribution in [0.25, 0.3) is 0 Å². The normalized spacial score (nSPS) is 40.7. The summed E-state index contributed by atoms with van der Waals surface area (Å²) in [6, 6.07) is 0. The lowest BCUT2D eigenvalue weighted by Gasteiger charge is -2.40. The van der Waals surface area contributed by atoms with Crippen LogP contribution >= 0.6 is 0 Å². The molecule has 0 bridgehead atoms. The third-order valence-electron chi connectivity index (χ3n) is 7.37. The van der Waals surface area contributed by atoms with Gasteiger partial charge in [0.15, 0.2) is 0 Å². The summed E-state index contributed by atoms with van der Waals surface area (Å²) in [6.07, 6.45) is 6.04. The molecule has 4 aliphatic heterocycles. The minimum absolute atomic E-state index is 0.474. The Balaban J connectivity index is 1.18. The summed E-state index contributed by atoms with van der Waals surface area (Å²) in [5.41, 5.74) is 0. The second-order valence-electron chi connectivity index (χ2n) is 10.7. The molecule has 6 nitrogen and oxygen atoms in total. The molecule has 166 valence electrons. The summed E-state index contributed by atoms with van der Waals surface area (Å²) < 4.78 is 22.1. The van der Waals surface area contributed by atoms with Gasteiger partial charge in [-0.3, -0.25) is 9.80 Å². The van der Waals surface area contributed by atoms with Crippen LogP contribution in [0.1, 0.15) is 33.1 Å². The Labute approximate surface area is 176 Å². The molecular weight excluding hydrogens is 368 g/mol. The van der Waals surface area contributed by atoms with Crippen LogP contribution in [0.2, 0.25) is 0 Å². The van der Waals surface area contributed by atoms with Crippen molar-refractivity contribution in [1.29, 1.82) is 0 Å². The zero-order chi connectivity index (χ0) is 19.8. The fraction of sp³-hybridized carbons (Fsp3) is 1.00. The van der Waals surface area contributed by atoms with E-state index in [2.05, 4.69) is 23.6 Å². The molecule has 0 aromatic rings. The molecule has 4 saturated heterocycles. The maximum Gasteiger partial charge on any atom is 0.0936 e. The quantitative estimate of drug-likeness (QED) is 0.434. The van der Waals surface area contributed by atoms with Gasteiger partial charge in [-0.25, -0.2) is 0 Å². The molecule has 0 N–H and O–H groups in total. The average molecular weight is 409 g/mol. The monoisotopic (exact) mass is 408 g/mol. The molecule has 0 aromatic heterocycles. The number of nitrogens with zero attached hydrogens (tertiary/aromatic N) is 2. The van der Waals surface area contributed by atoms with Crippen LogP contribution in [0.3, 0.4) is 0 Å². The smallest absolute Gasteiger partial charge is 0.0936 e. The third-order valence-corrected chi connectivity index (χ3v) is 7.37. The van der Waals surface area contributed by atoms with Crippen molar-refractivity contribution in [2.24, 2.45) is 23.7 Å². The first-order chi connectivity index (χ1) is 14.1. The van der Waals surface area contributed by atoms with Gasteiger partial charge in [-0.1, -0.05) is 13.8 Å². The molecule has 1 saturated carbocycles. The van der Waals surface area contributed by atoms with Crippen LogP contribution in [-0.2, 0) is 18.9 Å². The van der Waals surface area contributed by atoms with E-state index in [9.17, 15) is 0 Å². The lowest BCUT2D eigenvalue weighted by atomic mass is 9.71. The van der Waals surface area contributed by atoms with Crippen LogP contribution < -0.4 is 0 Å². The first-order valence-electron chi connectivity index (χ1n) is 12.0. The van der Waals surface area contributed by atoms with Gasteiger partial charge < -0.3 is 18.9 Å². The van der Waals surface area contributed by atoms with Gasteiger partial charge in [0, 0.05) is 39.3 Å². The molecule has 6 atom stereocenters. The lowest BCUT2D eigenvalue weighted by Crippen LogP contribution is -2.42. The molecular formula is C23H40N2O4. The molecule has 5 fully saturated rings. The van der Waals surface area contributed by atoms with E-state index in [0.717, 1.165) is 76.3 Å². The highest BCUT2D eigenvalue weighted by atomic mass is 16.6. The van der Waals surface area contributed by atoms with Crippen molar-refractivity contribution in [3.63, 3.8) is 0 Å². The molecule has 0 spiro atoms. The van der Waals surface area contributed by atoms with E-state index in [1.807, 2.05) is 0 Å². The van der Waals surface area contributed by atoms with Gasteiger partial charge in [-0.15, -0.1) is 0 Å². The highest BCUT2D eigenvalue weighted by Gasteiger charge is 2.37. The van der Waals surface area contributed by atoms with Gasteiger partial charge in [0.2, 0.25) is 0 Å². The van der Waals surface area contributed by atoms with Gasteiger partial charge in [-0.2, -0.15) is 0 Å². The summed E-state index contributed by atoms with van der Waals surface area (Å²) in [5, 5.41) is 0. The first-order valence-corrected chi connectivity index (χ1v) is 12.0.